The van der Waals surface area contributed by atoms with Gasteiger partial charge in [-0.1, -0.05) is 36.4 Å². The molecule has 0 amide bonds. The third-order valence-electron chi connectivity index (χ3n) is 4.26. The first-order valence-corrected chi connectivity index (χ1v) is 9.35. The number of fused-ring (bicyclic) bond motifs is 1. The van der Waals surface area contributed by atoms with Crippen molar-refractivity contribution in [1.29, 1.82) is 0 Å². The lowest BCUT2D eigenvalue weighted by Gasteiger charge is -2.13. The summed E-state index contributed by atoms with van der Waals surface area (Å²) in [6, 6.07) is 15.3. The van der Waals surface area contributed by atoms with Gasteiger partial charge in [0.15, 0.2) is 6.29 Å². The number of ether oxygens (including phenoxy) is 2. The van der Waals surface area contributed by atoms with Gasteiger partial charge in [0, 0.05) is 10.9 Å². The van der Waals surface area contributed by atoms with E-state index in [4.69, 9.17) is 9.47 Å². The third kappa shape index (κ3) is 2.56. The predicted molar refractivity (Wildman–Crippen MR) is 91.5 cm³/mol. The predicted octanol–water partition coefficient (Wildman–Crippen LogP) is 2.42. The normalized spacial score (nSPS) is 15.9. The molecule has 4 rings (SSSR count). The lowest BCUT2D eigenvalue weighted by molar-refractivity contribution is -0.0442. The summed E-state index contributed by atoms with van der Waals surface area (Å²) < 4.78 is 38.8. The maximum Gasteiger partial charge on any atom is 0.268 e. The fourth-order valence-electron chi connectivity index (χ4n) is 3.20. The first-order chi connectivity index (χ1) is 12.1. The molecule has 1 saturated heterocycles. The van der Waals surface area contributed by atoms with Crippen molar-refractivity contribution in [2.75, 3.05) is 13.2 Å². The Hall–Kier alpha value is -2.19. The quantitative estimate of drug-likeness (QED) is 0.774. The minimum atomic E-state index is -3.87. The van der Waals surface area contributed by atoms with Crippen molar-refractivity contribution in [3.05, 3.63) is 65.9 Å². The van der Waals surface area contributed by atoms with E-state index in [0.29, 0.717) is 29.7 Å². The van der Waals surface area contributed by atoms with E-state index in [2.05, 4.69) is 0 Å². The standard InChI is InChI=1S/C18H17NO5S/c20-12-16-17(18-23-10-11-24-18)14-8-4-5-9-15(14)19(16)25(21,22)13-6-2-1-3-7-13/h1-9,18,20H,10-12H2. The van der Waals surface area contributed by atoms with Gasteiger partial charge in [0.1, 0.15) is 0 Å². The van der Waals surface area contributed by atoms with Crippen molar-refractivity contribution in [1.82, 2.24) is 3.97 Å². The van der Waals surface area contributed by atoms with Gasteiger partial charge in [-0.05, 0) is 18.2 Å². The Morgan fingerprint density at radius 3 is 2.32 bits per heavy atom. The number of nitrogens with zero attached hydrogens (tertiary/aromatic N) is 1. The Labute approximate surface area is 145 Å². The molecular weight excluding hydrogens is 342 g/mol. The van der Waals surface area contributed by atoms with E-state index >= 15 is 0 Å². The summed E-state index contributed by atoms with van der Waals surface area (Å²) in [6.45, 7) is 0.417. The highest BCUT2D eigenvalue weighted by atomic mass is 32.2. The summed E-state index contributed by atoms with van der Waals surface area (Å²) >= 11 is 0. The number of hydrogen-bond acceptors (Lipinski definition) is 5. The van der Waals surface area contributed by atoms with Crippen LogP contribution in [0.15, 0.2) is 59.5 Å². The highest BCUT2D eigenvalue weighted by Gasteiger charge is 2.32. The molecule has 1 aliphatic rings. The van der Waals surface area contributed by atoms with Crippen LogP contribution in [-0.4, -0.2) is 30.7 Å². The van der Waals surface area contributed by atoms with Crippen molar-refractivity contribution < 1.29 is 23.0 Å². The molecule has 0 atom stereocenters. The monoisotopic (exact) mass is 359 g/mol. The van der Waals surface area contributed by atoms with Crippen LogP contribution in [0, 0.1) is 0 Å². The van der Waals surface area contributed by atoms with Gasteiger partial charge in [-0.2, -0.15) is 0 Å². The minimum absolute atomic E-state index is 0.158. The molecule has 7 heteroatoms. The minimum Gasteiger partial charge on any atom is -0.390 e. The average molecular weight is 359 g/mol. The molecule has 1 N–H and O–H groups in total. The maximum absolute atomic E-state index is 13.2. The van der Waals surface area contributed by atoms with E-state index in [9.17, 15) is 13.5 Å². The van der Waals surface area contributed by atoms with Crippen LogP contribution in [0.4, 0.5) is 0 Å². The molecule has 0 spiro atoms. The summed E-state index contributed by atoms with van der Waals surface area (Å²) in [7, 11) is -3.87. The number of aliphatic hydroxyl groups is 1. The van der Waals surface area contributed by atoms with Crippen LogP contribution in [0.5, 0.6) is 0 Å². The van der Waals surface area contributed by atoms with Crippen LogP contribution in [0.25, 0.3) is 10.9 Å². The molecule has 2 aromatic carbocycles. The number of rotatable bonds is 4. The zero-order chi connectivity index (χ0) is 17.4. The van der Waals surface area contributed by atoms with Crippen LogP contribution < -0.4 is 0 Å². The summed E-state index contributed by atoms with van der Waals surface area (Å²) in [5.41, 5.74) is 1.32. The Kier molecular flexibility index (Phi) is 4.09. The molecule has 6 nitrogen and oxygen atoms in total. The molecule has 3 aromatic rings. The van der Waals surface area contributed by atoms with Crippen molar-refractivity contribution in [3.8, 4) is 0 Å². The number of para-hydroxylation sites is 1. The molecule has 0 aliphatic carbocycles. The highest BCUT2D eigenvalue weighted by molar-refractivity contribution is 7.90. The molecule has 25 heavy (non-hydrogen) atoms. The van der Waals surface area contributed by atoms with Gasteiger partial charge in [-0.25, -0.2) is 12.4 Å². The van der Waals surface area contributed by atoms with Crippen molar-refractivity contribution in [2.45, 2.75) is 17.8 Å². The molecule has 0 saturated carbocycles. The maximum atomic E-state index is 13.2. The van der Waals surface area contributed by atoms with Crippen LogP contribution in [0.1, 0.15) is 17.5 Å². The number of aromatic nitrogens is 1. The Bertz CT molecular complexity index is 1000. The Morgan fingerprint density at radius 2 is 1.64 bits per heavy atom. The van der Waals surface area contributed by atoms with Gasteiger partial charge in [-0.3, -0.25) is 0 Å². The summed E-state index contributed by atoms with van der Waals surface area (Å²) in [5.74, 6) is 0. The van der Waals surface area contributed by atoms with Gasteiger partial charge in [0.2, 0.25) is 0 Å². The van der Waals surface area contributed by atoms with Crippen molar-refractivity contribution in [3.63, 3.8) is 0 Å². The van der Waals surface area contributed by atoms with Gasteiger partial charge >= 0.3 is 0 Å². The fourth-order valence-corrected chi connectivity index (χ4v) is 4.77. The Morgan fingerprint density at radius 1 is 1.00 bits per heavy atom. The van der Waals surface area contributed by atoms with Gasteiger partial charge in [-0.15, -0.1) is 0 Å². The van der Waals surface area contributed by atoms with Gasteiger partial charge in [0.05, 0.1) is 35.9 Å². The molecule has 0 bridgehead atoms. The Balaban J connectivity index is 2.04. The second-order valence-corrected chi connectivity index (χ2v) is 7.48. The van der Waals surface area contributed by atoms with Crippen LogP contribution in [-0.2, 0) is 26.1 Å². The van der Waals surface area contributed by atoms with E-state index in [1.54, 1.807) is 30.3 Å². The molecule has 130 valence electrons. The van der Waals surface area contributed by atoms with Gasteiger partial charge in [0.25, 0.3) is 10.0 Å². The van der Waals surface area contributed by atoms with E-state index < -0.39 is 22.9 Å². The highest BCUT2D eigenvalue weighted by Crippen LogP contribution is 2.37. The number of aliphatic hydroxyl groups excluding tert-OH is 1. The van der Waals surface area contributed by atoms with Gasteiger partial charge < -0.3 is 14.6 Å². The van der Waals surface area contributed by atoms with Crippen LogP contribution in [0.3, 0.4) is 0 Å². The third-order valence-corrected chi connectivity index (χ3v) is 6.02. The molecule has 0 unspecified atom stereocenters. The smallest absolute Gasteiger partial charge is 0.268 e. The average Bonchev–Trinajstić information content (AvgIpc) is 3.27. The van der Waals surface area contributed by atoms with E-state index in [-0.39, 0.29) is 10.6 Å². The largest absolute Gasteiger partial charge is 0.390 e. The van der Waals surface area contributed by atoms with E-state index in [1.165, 1.54) is 16.1 Å². The second kappa shape index (κ2) is 6.27. The van der Waals surface area contributed by atoms with Crippen LogP contribution >= 0.6 is 0 Å². The number of benzene rings is 2. The molecule has 1 aliphatic heterocycles. The number of hydrogen-bond donors (Lipinski definition) is 1. The zero-order valence-electron chi connectivity index (χ0n) is 13.3. The van der Waals surface area contributed by atoms with Crippen molar-refractivity contribution >= 4 is 20.9 Å². The molecule has 1 fully saturated rings. The van der Waals surface area contributed by atoms with E-state index in [0.717, 1.165) is 0 Å². The summed E-state index contributed by atoms with van der Waals surface area (Å²) in [6.07, 6.45) is -0.681. The second-order valence-electron chi connectivity index (χ2n) is 5.69. The van der Waals surface area contributed by atoms with Crippen molar-refractivity contribution in [2.24, 2.45) is 0 Å². The van der Waals surface area contributed by atoms with Crippen LogP contribution in [0.2, 0.25) is 0 Å². The first kappa shape index (κ1) is 16.3. The summed E-state index contributed by atoms with van der Waals surface area (Å²) in [5, 5.41) is 10.7. The first-order valence-electron chi connectivity index (χ1n) is 7.91. The molecule has 0 radical (unpaired) electrons. The molecule has 2 heterocycles. The molecular formula is C18H17NO5S. The SMILES string of the molecule is O=S(=O)(c1ccccc1)n1c(CO)c(C2OCCO2)c2ccccc21. The fraction of sp³-hybridized carbons (Fsp3) is 0.222. The topological polar surface area (TPSA) is 77.8 Å². The lowest BCUT2D eigenvalue weighted by Crippen LogP contribution is -2.17. The molecule has 1 aromatic heterocycles. The lowest BCUT2D eigenvalue weighted by atomic mass is 10.1. The zero-order valence-corrected chi connectivity index (χ0v) is 14.1. The van der Waals surface area contributed by atoms with E-state index in [1.807, 2.05) is 12.1 Å². The summed E-state index contributed by atoms with van der Waals surface area (Å²) in [4.78, 5) is 0.158.